The SMILES string of the molecule is Cn1cc(CCC(=O)N2CCNCC2c2cccnc2)cn1. The van der Waals surface area contributed by atoms with Crippen molar-refractivity contribution in [3.8, 4) is 0 Å². The van der Waals surface area contributed by atoms with E-state index < -0.39 is 0 Å². The fourth-order valence-electron chi connectivity index (χ4n) is 2.87. The van der Waals surface area contributed by atoms with Gasteiger partial charge in [0, 0.05) is 51.7 Å². The fraction of sp³-hybridized carbons (Fsp3) is 0.438. The monoisotopic (exact) mass is 299 g/mol. The molecule has 116 valence electrons. The van der Waals surface area contributed by atoms with Crippen LogP contribution < -0.4 is 5.32 Å². The van der Waals surface area contributed by atoms with E-state index in [4.69, 9.17) is 0 Å². The second-order valence-electron chi connectivity index (χ2n) is 5.62. The number of pyridine rings is 1. The van der Waals surface area contributed by atoms with Crippen LogP contribution in [0.15, 0.2) is 36.9 Å². The Bertz CT molecular complexity index is 624. The van der Waals surface area contributed by atoms with Gasteiger partial charge in [-0.15, -0.1) is 0 Å². The van der Waals surface area contributed by atoms with E-state index in [9.17, 15) is 4.79 Å². The predicted molar refractivity (Wildman–Crippen MR) is 83.1 cm³/mol. The Labute approximate surface area is 130 Å². The van der Waals surface area contributed by atoms with Gasteiger partial charge in [0.25, 0.3) is 0 Å². The van der Waals surface area contributed by atoms with Crippen LogP contribution in [0.25, 0.3) is 0 Å². The molecule has 3 rings (SSSR count). The molecule has 1 aliphatic rings. The van der Waals surface area contributed by atoms with Crippen molar-refractivity contribution in [1.29, 1.82) is 0 Å². The van der Waals surface area contributed by atoms with Gasteiger partial charge in [0.2, 0.25) is 5.91 Å². The molecule has 2 aromatic rings. The van der Waals surface area contributed by atoms with Crippen molar-refractivity contribution in [2.24, 2.45) is 7.05 Å². The number of carbonyl (C=O) groups excluding carboxylic acids is 1. The molecule has 0 aromatic carbocycles. The van der Waals surface area contributed by atoms with Gasteiger partial charge in [-0.1, -0.05) is 6.07 Å². The van der Waals surface area contributed by atoms with Crippen LogP contribution in [0.1, 0.15) is 23.6 Å². The first-order valence-corrected chi connectivity index (χ1v) is 7.61. The van der Waals surface area contributed by atoms with Gasteiger partial charge in [0.15, 0.2) is 0 Å². The van der Waals surface area contributed by atoms with Gasteiger partial charge < -0.3 is 10.2 Å². The molecule has 0 saturated carbocycles. The largest absolute Gasteiger partial charge is 0.333 e. The molecule has 1 unspecified atom stereocenters. The third kappa shape index (κ3) is 3.33. The summed E-state index contributed by atoms with van der Waals surface area (Å²) in [7, 11) is 1.89. The van der Waals surface area contributed by atoms with E-state index in [1.807, 2.05) is 42.7 Å². The van der Waals surface area contributed by atoms with Gasteiger partial charge in [-0.25, -0.2) is 0 Å². The number of piperazine rings is 1. The van der Waals surface area contributed by atoms with Crippen LogP contribution in [0.5, 0.6) is 0 Å². The molecular weight excluding hydrogens is 278 g/mol. The van der Waals surface area contributed by atoms with Crippen LogP contribution in [0.2, 0.25) is 0 Å². The van der Waals surface area contributed by atoms with Gasteiger partial charge in [-0.05, 0) is 23.6 Å². The van der Waals surface area contributed by atoms with Crippen LogP contribution in [-0.4, -0.2) is 45.2 Å². The number of hydrogen-bond acceptors (Lipinski definition) is 4. The van der Waals surface area contributed by atoms with E-state index in [-0.39, 0.29) is 11.9 Å². The highest BCUT2D eigenvalue weighted by Gasteiger charge is 2.27. The van der Waals surface area contributed by atoms with Gasteiger partial charge in [0.05, 0.1) is 12.2 Å². The molecule has 1 N–H and O–H groups in total. The van der Waals surface area contributed by atoms with Gasteiger partial charge in [-0.2, -0.15) is 5.10 Å². The lowest BCUT2D eigenvalue weighted by Crippen LogP contribution is -2.48. The number of nitrogens with zero attached hydrogens (tertiary/aromatic N) is 4. The normalized spacial score (nSPS) is 18.4. The predicted octanol–water partition coefficient (Wildman–Crippen LogP) is 0.921. The number of nitrogens with one attached hydrogen (secondary N) is 1. The number of aryl methyl sites for hydroxylation is 2. The molecule has 1 amide bonds. The highest BCUT2D eigenvalue weighted by atomic mass is 16.2. The molecule has 0 spiro atoms. The van der Waals surface area contributed by atoms with Crippen LogP contribution in [-0.2, 0) is 18.3 Å². The Morgan fingerprint density at radius 1 is 1.45 bits per heavy atom. The molecular formula is C16H21N5O. The van der Waals surface area contributed by atoms with E-state index in [2.05, 4.69) is 15.4 Å². The maximum atomic E-state index is 12.6. The third-order valence-corrected chi connectivity index (χ3v) is 4.02. The average Bonchev–Trinajstić information content (AvgIpc) is 2.99. The zero-order valence-corrected chi connectivity index (χ0v) is 12.8. The molecule has 0 bridgehead atoms. The molecule has 2 aromatic heterocycles. The first-order chi connectivity index (χ1) is 10.7. The summed E-state index contributed by atoms with van der Waals surface area (Å²) in [6.45, 7) is 2.37. The minimum atomic E-state index is 0.0730. The lowest BCUT2D eigenvalue weighted by Gasteiger charge is -2.36. The maximum absolute atomic E-state index is 12.6. The smallest absolute Gasteiger partial charge is 0.223 e. The highest BCUT2D eigenvalue weighted by molar-refractivity contribution is 5.77. The third-order valence-electron chi connectivity index (χ3n) is 4.02. The Kier molecular flexibility index (Phi) is 4.48. The Morgan fingerprint density at radius 2 is 2.36 bits per heavy atom. The Balaban J connectivity index is 1.66. The van der Waals surface area contributed by atoms with Crippen molar-refractivity contribution < 1.29 is 4.79 Å². The van der Waals surface area contributed by atoms with Crippen molar-refractivity contribution in [3.05, 3.63) is 48.0 Å². The summed E-state index contributed by atoms with van der Waals surface area (Å²) >= 11 is 0. The summed E-state index contributed by atoms with van der Waals surface area (Å²) in [6, 6.07) is 4.03. The molecule has 6 heteroatoms. The minimum Gasteiger partial charge on any atom is -0.333 e. The Morgan fingerprint density at radius 3 is 3.09 bits per heavy atom. The van der Waals surface area contributed by atoms with E-state index in [1.165, 1.54) is 0 Å². The second kappa shape index (κ2) is 6.70. The second-order valence-corrected chi connectivity index (χ2v) is 5.62. The van der Waals surface area contributed by atoms with E-state index in [0.29, 0.717) is 6.42 Å². The summed E-state index contributed by atoms with van der Waals surface area (Å²) in [5.74, 6) is 0.194. The molecule has 6 nitrogen and oxygen atoms in total. The van der Waals surface area contributed by atoms with Crippen molar-refractivity contribution in [2.45, 2.75) is 18.9 Å². The summed E-state index contributed by atoms with van der Waals surface area (Å²) in [6.07, 6.45) is 8.64. The molecule has 1 aliphatic heterocycles. The van der Waals surface area contributed by atoms with Gasteiger partial charge in [0.1, 0.15) is 0 Å². The Hall–Kier alpha value is -2.21. The lowest BCUT2D eigenvalue weighted by atomic mass is 10.0. The topological polar surface area (TPSA) is 63.1 Å². The van der Waals surface area contributed by atoms with E-state index in [1.54, 1.807) is 10.9 Å². The molecule has 1 fully saturated rings. The number of hydrogen-bond donors (Lipinski definition) is 1. The van der Waals surface area contributed by atoms with Crippen LogP contribution in [0.3, 0.4) is 0 Å². The average molecular weight is 299 g/mol. The zero-order valence-electron chi connectivity index (χ0n) is 12.8. The highest BCUT2D eigenvalue weighted by Crippen LogP contribution is 2.22. The minimum absolute atomic E-state index is 0.0730. The number of aromatic nitrogens is 3. The van der Waals surface area contributed by atoms with E-state index >= 15 is 0 Å². The number of carbonyl (C=O) groups is 1. The van der Waals surface area contributed by atoms with Gasteiger partial charge >= 0.3 is 0 Å². The van der Waals surface area contributed by atoms with Crippen LogP contribution in [0, 0.1) is 0 Å². The van der Waals surface area contributed by atoms with Crippen molar-refractivity contribution in [2.75, 3.05) is 19.6 Å². The summed E-state index contributed by atoms with van der Waals surface area (Å²) in [5.41, 5.74) is 2.19. The summed E-state index contributed by atoms with van der Waals surface area (Å²) in [5, 5.41) is 7.50. The zero-order chi connectivity index (χ0) is 15.4. The quantitative estimate of drug-likeness (QED) is 0.912. The first-order valence-electron chi connectivity index (χ1n) is 7.61. The summed E-state index contributed by atoms with van der Waals surface area (Å²) < 4.78 is 1.77. The molecule has 1 atom stereocenters. The number of amides is 1. The first kappa shape index (κ1) is 14.7. The van der Waals surface area contributed by atoms with Crippen LogP contribution >= 0.6 is 0 Å². The van der Waals surface area contributed by atoms with Crippen molar-refractivity contribution in [1.82, 2.24) is 25.0 Å². The standard InChI is InChI=1S/C16H21N5O/c1-20-12-13(9-19-20)4-5-16(22)21-8-7-18-11-15(21)14-3-2-6-17-10-14/h2-3,6,9-10,12,15,18H,4-5,7-8,11H2,1H3. The van der Waals surface area contributed by atoms with E-state index in [0.717, 1.165) is 37.2 Å². The molecule has 22 heavy (non-hydrogen) atoms. The lowest BCUT2D eigenvalue weighted by molar-refractivity contribution is -0.134. The molecule has 1 saturated heterocycles. The summed E-state index contributed by atoms with van der Waals surface area (Å²) in [4.78, 5) is 18.8. The van der Waals surface area contributed by atoms with Gasteiger partial charge in [-0.3, -0.25) is 14.5 Å². The van der Waals surface area contributed by atoms with Crippen molar-refractivity contribution >= 4 is 5.91 Å². The van der Waals surface area contributed by atoms with Crippen molar-refractivity contribution in [3.63, 3.8) is 0 Å². The number of rotatable bonds is 4. The molecule has 0 aliphatic carbocycles. The molecule has 0 radical (unpaired) electrons. The molecule has 3 heterocycles. The fourth-order valence-corrected chi connectivity index (χ4v) is 2.87. The maximum Gasteiger partial charge on any atom is 0.223 e. The van der Waals surface area contributed by atoms with Crippen LogP contribution in [0.4, 0.5) is 0 Å².